The Balaban J connectivity index is 0.000000271. The lowest BCUT2D eigenvalue weighted by atomic mass is 10.2. The van der Waals surface area contributed by atoms with Gasteiger partial charge in [-0.05, 0) is 0 Å². The van der Waals surface area contributed by atoms with Gasteiger partial charge in [0.05, 0.1) is 0 Å². The van der Waals surface area contributed by atoms with Gasteiger partial charge < -0.3 is 16.0 Å². The molecule has 0 N–H and O–H groups in total. The van der Waals surface area contributed by atoms with Crippen LogP contribution in [0.3, 0.4) is 0 Å². The van der Waals surface area contributed by atoms with Crippen molar-refractivity contribution in [3.8, 4) is 0 Å². The largest absolute Gasteiger partial charge is 0.687 e. The minimum atomic E-state index is -1.72. The highest BCUT2D eigenvalue weighted by Crippen LogP contribution is 2.07. The van der Waals surface area contributed by atoms with Gasteiger partial charge in [0, 0.05) is 0 Å². The Morgan fingerprint density at radius 2 is 1.14 bits per heavy atom. The monoisotopic (exact) mass is 380 g/mol. The molecule has 0 bridgehead atoms. The fourth-order valence-electron chi connectivity index (χ4n) is 1.84. The van der Waals surface area contributed by atoms with Gasteiger partial charge in [0.25, 0.3) is 0 Å². The van der Waals surface area contributed by atoms with Crippen LogP contribution >= 0.6 is 30.1 Å². The zero-order valence-electron chi connectivity index (χ0n) is 13.1. The highest BCUT2D eigenvalue weighted by molar-refractivity contribution is 7.54. The number of nitrogens with zero attached hydrogens (tertiary/aromatic N) is 3. The van der Waals surface area contributed by atoms with Crippen molar-refractivity contribution >= 4 is 41.5 Å². The topological polar surface area (TPSA) is 42.3 Å². The molecule has 0 radical (unpaired) electrons. The molecule has 0 spiro atoms. The molecular weight excluding hydrogens is 356 g/mol. The van der Waals surface area contributed by atoms with E-state index in [-0.39, 0.29) is 0 Å². The van der Waals surface area contributed by atoms with E-state index >= 15 is 0 Å². The Bertz CT molecular complexity index is 219. The summed E-state index contributed by atoms with van der Waals surface area (Å²) in [4.78, 5) is 0. The third-order valence-corrected chi connectivity index (χ3v) is 2.91. The van der Waals surface area contributed by atoms with Crippen molar-refractivity contribution in [1.82, 2.24) is 0 Å². The minimum absolute atomic E-state index is 0.858. The van der Waals surface area contributed by atoms with Crippen molar-refractivity contribution in [3.05, 3.63) is 40.4 Å². The van der Waals surface area contributed by atoms with Gasteiger partial charge in [0.2, 0.25) is 0 Å². The first kappa shape index (κ1) is 22.6. The van der Waals surface area contributed by atoms with Crippen LogP contribution in [0.15, 0.2) is 24.4 Å². The van der Waals surface area contributed by atoms with Crippen molar-refractivity contribution in [3.63, 3.8) is 0 Å². The Morgan fingerprint density at radius 1 is 0.682 bits per heavy atom. The van der Waals surface area contributed by atoms with Gasteiger partial charge >= 0.3 is 11.4 Å². The lowest BCUT2D eigenvalue weighted by molar-refractivity contribution is 0.669. The van der Waals surface area contributed by atoms with Crippen molar-refractivity contribution in [2.24, 2.45) is 0 Å². The number of halogens is 3. The summed E-state index contributed by atoms with van der Waals surface area (Å²) in [6.45, 7) is 5.36. The van der Waals surface area contributed by atoms with E-state index < -0.39 is 11.4 Å². The first-order valence-electron chi connectivity index (χ1n) is 7.90. The van der Waals surface area contributed by atoms with Crippen LogP contribution in [-0.4, -0.2) is 44.1 Å². The summed E-state index contributed by atoms with van der Waals surface area (Å²) < 4.78 is 0. The Labute approximate surface area is 152 Å². The van der Waals surface area contributed by atoms with E-state index in [1.807, 2.05) is 18.2 Å². The molecule has 3 heterocycles. The molecule has 7 heteroatoms. The maximum Gasteiger partial charge on any atom is 0.643 e. The second-order valence-electron chi connectivity index (χ2n) is 4.85. The van der Waals surface area contributed by atoms with Crippen LogP contribution < -0.4 is 0 Å². The first-order chi connectivity index (χ1) is 10.7. The number of piperidine rings is 2. The molecule has 0 amide bonds. The summed E-state index contributed by atoms with van der Waals surface area (Å²) in [7, 11) is 14.8. The quantitative estimate of drug-likeness (QED) is 0.447. The molecular formula is C15H26AlCl3N3-3. The van der Waals surface area contributed by atoms with Crippen LogP contribution in [0, 0.1) is 0 Å². The summed E-state index contributed by atoms with van der Waals surface area (Å²) in [5.74, 6) is 0. The Kier molecular flexibility index (Phi) is 20.2. The normalized spacial score (nSPS) is 19.0. The summed E-state index contributed by atoms with van der Waals surface area (Å²) in [5.41, 5.74) is 0. The SMILES string of the molecule is C1=CC[N-]C=C1.C1CC[N-]CC1.C1CC[N-]CC1.[Cl][Al]([Cl])[Cl]. The average molecular weight is 382 g/mol. The molecule has 128 valence electrons. The van der Waals surface area contributed by atoms with Gasteiger partial charge in [0.15, 0.2) is 0 Å². The predicted molar refractivity (Wildman–Crippen MR) is 104 cm³/mol. The van der Waals surface area contributed by atoms with E-state index in [1.165, 1.54) is 38.5 Å². The van der Waals surface area contributed by atoms with E-state index in [4.69, 9.17) is 30.1 Å². The molecule has 0 aromatic carbocycles. The molecule has 22 heavy (non-hydrogen) atoms. The van der Waals surface area contributed by atoms with Crippen molar-refractivity contribution < 1.29 is 0 Å². The molecule has 0 aromatic heterocycles. The van der Waals surface area contributed by atoms with Gasteiger partial charge in [-0.3, -0.25) is 0 Å². The van der Waals surface area contributed by atoms with Crippen LogP contribution in [0.5, 0.6) is 0 Å². The van der Waals surface area contributed by atoms with Crippen LogP contribution in [0.1, 0.15) is 38.5 Å². The van der Waals surface area contributed by atoms with Crippen LogP contribution in [0.25, 0.3) is 16.0 Å². The van der Waals surface area contributed by atoms with Crippen LogP contribution in [0.2, 0.25) is 0 Å². The maximum absolute atomic E-state index is 4.94. The lowest BCUT2D eigenvalue weighted by Crippen LogP contribution is -1.96. The molecule has 3 aliphatic heterocycles. The number of allylic oxidation sites excluding steroid dienone is 2. The summed E-state index contributed by atoms with van der Waals surface area (Å²) in [6, 6.07) is 0. The summed E-state index contributed by atoms with van der Waals surface area (Å²) >= 11 is -1.72. The molecule has 0 aliphatic carbocycles. The second-order valence-corrected chi connectivity index (χ2v) is 11.3. The van der Waals surface area contributed by atoms with E-state index in [0.29, 0.717) is 0 Å². The fourth-order valence-corrected chi connectivity index (χ4v) is 1.84. The van der Waals surface area contributed by atoms with Crippen molar-refractivity contribution in [2.75, 3.05) is 32.7 Å². The Morgan fingerprint density at radius 3 is 1.23 bits per heavy atom. The van der Waals surface area contributed by atoms with Gasteiger partial charge in [0.1, 0.15) is 0 Å². The summed E-state index contributed by atoms with van der Waals surface area (Å²) in [6.07, 6.45) is 15.9. The molecule has 2 saturated heterocycles. The van der Waals surface area contributed by atoms with Crippen LogP contribution in [0.4, 0.5) is 0 Å². The average Bonchev–Trinajstić information content (AvgIpc) is 2.60. The molecule has 2 fully saturated rings. The van der Waals surface area contributed by atoms with Crippen LogP contribution in [-0.2, 0) is 0 Å². The lowest BCUT2D eigenvalue weighted by Gasteiger charge is -2.23. The maximum atomic E-state index is 4.94. The second kappa shape index (κ2) is 19.6. The molecule has 0 aromatic rings. The standard InChI is InChI=1S/2C5H10N.C5H6N.Al.3ClH/c3*1-2-4-6-5-3-1;;;;/h2*1-5H2;1-4H,5H2;;3*1H/q3*-1;+3;;;/p-3. The zero-order valence-corrected chi connectivity index (χ0v) is 16.6. The van der Waals surface area contributed by atoms with E-state index in [0.717, 1.165) is 32.7 Å². The van der Waals surface area contributed by atoms with E-state index in [9.17, 15) is 0 Å². The molecule has 0 saturated carbocycles. The predicted octanol–water partition coefficient (Wildman–Crippen LogP) is 6.22. The molecule has 3 rings (SSSR count). The molecule has 3 nitrogen and oxygen atoms in total. The highest BCUT2D eigenvalue weighted by Gasteiger charge is 2.00. The van der Waals surface area contributed by atoms with Crippen molar-refractivity contribution in [1.29, 1.82) is 0 Å². The van der Waals surface area contributed by atoms with E-state index in [2.05, 4.69) is 16.0 Å². The summed E-state index contributed by atoms with van der Waals surface area (Å²) in [5, 5.41) is 12.3. The number of hydrogen-bond acceptors (Lipinski definition) is 0. The third-order valence-electron chi connectivity index (χ3n) is 2.91. The number of hydrogen-bond donors (Lipinski definition) is 0. The number of rotatable bonds is 0. The third kappa shape index (κ3) is 22.9. The minimum Gasteiger partial charge on any atom is -0.687 e. The zero-order chi connectivity index (χ0) is 16.3. The van der Waals surface area contributed by atoms with Gasteiger partial charge in [-0.1, -0.05) is 50.7 Å². The van der Waals surface area contributed by atoms with Gasteiger partial charge in [-0.2, -0.15) is 6.20 Å². The van der Waals surface area contributed by atoms with Gasteiger partial charge in [-0.15, -0.1) is 38.8 Å². The first-order valence-corrected chi connectivity index (χ1v) is 13.1. The molecule has 0 unspecified atom stereocenters. The van der Waals surface area contributed by atoms with E-state index in [1.54, 1.807) is 6.20 Å². The Hall–Kier alpha value is 0.602. The fraction of sp³-hybridized carbons (Fsp3) is 0.733. The highest BCUT2D eigenvalue weighted by atomic mass is 35.8. The van der Waals surface area contributed by atoms with Gasteiger partial charge in [-0.25, -0.2) is 30.1 Å². The van der Waals surface area contributed by atoms with Crippen molar-refractivity contribution in [2.45, 2.75) is 38.5 Å². The molecule has 0 atom stereocenters. The molecule has 3 aliphatic rings. The smallest absolute Gasteiger partial charge is 0.643 e.